The van der Waals surface area contributed by atoms with Crippen LogP contribution in [0.4, 0.5) is 0 Å². The number of nitriles is 1. The molecule has 0 aliphatic carbocycles. The van der Waals surface area contributed by atoms with Crippen LogP contribution in [0.3, 0.4) is 0 Å². The van der Waals surface area contributed by atoms with E-state index in [0.717, 1.165) is 0 Å². The Balaban J connectivity index is 2.57. The van der Waals surface area contributed by atoms with Gasteiger partial charge in [0.1, 0.15) is 12.8 Å². The van der Waals surface area contributed by atoms with Crippen molar-refractivity contribution >= 4 is 0 Å². The van der Waals surface area contributed by atoms with Gasteiger partial charge in [0.15, 0.2) is 0 Å². The molecule has 0 spiro atoms. The first-order chi connectivity index (χ1) is 3.43. The minimum Gasteiger partial charge on any atom is -0.415 e. The number of nitrogens with one attached hydrogen (secondary N) is 1. The second-order valence-electron chi connectivity index (χ2n) is 1.07. The second kappa shape index (κ2) is 1.63. The summed E-state index contributed by atoms with van der Waals surface area (Å²) < 4.78 is 0. The molecule has 3 nitrogen and oxygen atoms in total. The van der Waals surface area contributed by atoms with E-state index in [0.29, 0.717) is 5.57 Å². The molecular weight excluding hydrogens is 92.1 g/mol. The molecule has 1 rings (SSSR count). The van der Waals surface area contributed by atoms with Crippen LogP contribution < -0.4 is 5.48 Å². The highest BCUT2D eigenvalue weighted by molar-refractivity contribution is 5.27. The van der Waals surface area contributed by atoms with Gasteiger partial charge in [-0.05, 0) is 0 Å². The van der Waals surface area contributed by atoms with Crippen LogP contribution in [0.5, 0.6) is 0 Å². The van der Waals surface area contributed by atoms with Crippen LogP contribution in [0.25, 0.3) is 0 Å². The Labute approximate surface area is 41.1 Å². The van der Waals surface area contributed by atoms with E-state index in [1.807, 2.05) is 6.07 Å². The molecule has 1 aliphatic heterocycles. The third-order valence-corrected chi connectivity index (χ3v) is 0.597. The molecule has 1 aliphatic rings. The predicted molar refractivity (Wildman–Crippen MR) is 22.2 cm³/mol. The summed E-state index contributed by atoms with van der Waals surface area (Å²) in [4.78, 5) is 4.46. The second-order valence-corrected chi connectivity index (χ2v) is 1.07. The Hall–Kier alpha value is -1.01. The molecule has 1 radical (unpaired) electrons. The molecule has 1 N–H and O–H groups in total. The van der Waals surface area contributed by atoms with Crippen molar-refractivity contribution in [3.8, 4) is 6.07 Å². The summed E-state index contributed by atoms with van der Waals surface area (Å²) in [7, 11) is 0. The number of hydrogen-bond donors (Lipinski definition) is 1. The molecule has 0 saturated heterocycles. The lowest BCUT2D eigenvalue weighted by atomic mass is 10.3. The summed E-state index contributed by atoms with van der Waals surface area (Å²) in [5.41, 5.74) is 2.90. The molecule has 0 aromatic heterocycles. The molecule has 0 saturated carbocycles. The molecule has 0 aromatic rings. The van der Waals surface area contributed by atoms with E-state index in [2.05, 4.69) is 10.3 Å². The third kappa shape index (κ3) is 0.699. The van der Waals surface area contributed by atoms with Crippen LogP contribution in [0.2, 0.25) is 0 Å². The first-order valence-electron chi connectivity index (χ1n) is 1.78. The van der Waals surface area contributed by atoms with Crippen LogP contribution in [0.1, 0.15) is 0 Å². The van der Waals surface area contributed by atoms with Crippen LogP contribution in [0, 0.1) is 17.9 Å². The molecule has 0 bridgehead atoms. The van der Waals surface area contributed by atoms with Gasteiger partial charge >= 0.3 is 0 Å². The molecule has 7 heavy (non-hydrogen) atoms. The lowest BCUT2D eigenvalue weighted by molar-refractivity contribution is 0.184. The molecule has 35 valence electrons. The average Bonchev–Trinajstić information content (AvgIpc) is 2.14. The monoisotopic (exact) mass is 95.0 g/mol. The Kier molecular flexibility index (Phi) is 0.966. The zero-order valence-electron chi connectivity index (χ0n) is 3.51. The van der Waals surface area contributed by atoms with Gasteiger partial charge in [-0.1, -0.05) is 0 Å². The van der Waals surface area contributed by atoms with Crippen molar-refractivity contribution in [3.63, 3.8) is 0 Å². The molecule has 1 heterocycles. The molecule has 0 fully saturated rings. The average molecular weight is 95.1 g/mol. The Morgan fingerprint density at radius 2 is 2.71 bits per heavy atom. The molecule has 0 amide bonds. The molecular formula is C4H3N2O. The number of rotatable bonds is 0. The predicted octanol–water partition coefficient (Wildman–Crippen LogP) is 0.0905. The maximum atomic E-state index is 8.10. The molecule has 0 unspecified atom stereocenters. The fourth-order valence-corrected chi connectivity index (χ4v) is 0.288. The number of hydroxylamine groups is 1. The van der Waals surface area contributed by atoms with Crippen molar-refractivity contribution in [1.29, 1.82) is 5.26 Å². The van der Waals surface area contributed by atoms with E-state index in [-0.39, 0.29) is 0 Å². The Morgan fingerprint density at radius 1 is 1.86 bits per heavy atom. The highest BCUT2D eigenvalue weighted by Gasteiger charge is 2.01. The van der Waals surface area contributed by atoms with E-state index >= 15 is 0 Å². The van der Waals surface area contributed by atoms with Crippen molar-refractivity contribution < 1.29 is 4.84 Å². The fourth-order valence-electron chi connectivity index (χ4n) is 0.288. The lowest BCUT2D eigenvalue weighted by Gasteiger charge is -1.82. The lowest BCUT2D eigenvalue weighted by Crippen LogP contribution is -1.97. The highest BCUT2D eigenvalue weighted by Crippen LogP contribution is 2.00. The van der Waals surface area contributed by atoms with E-state index in [1.54, 1.807) is 0 Å². The summed E-state index contributed by atoms with van der Waals surface area (Å²) in [6, 6.07) is 1.88. The Bertz CT molecular complexity index is 133. The van der Waals surface area contributed by atoms with Crippen LogP contribution >= 0.6 is 0 Å². The zero-order valence-corrected chi connectivity index (χ0v) is 3.51. The van der Waals surface area contributed by atoms with Crippen LogP contribution in [0.15, 0.2) is 11.8 Å². The van der Waals surface area contributed by atoms with Gasteiger partial charge in [0.2, 0.25) is 0 Å². The van der Waals surface area contributed by atoms with Gasteiger partial charge in [0.05, 0.1) is 11.6 Å². The van der Waals surface area contributed by atoms with E-state index in [4.69, 9.17) is 5.26 Å². The minimum atomic E-state index is 0.514. The largest absolute Gasteiger partial charge is 0.415 e. The summed E-state index contributed by atoms with van der Waals surface area (Å²) in [6.45, 7) is 1.49. The SMILES string of the molecule is N#CC1=CON[CH]1. The zero-order chi connectivity index (χ0) is 5.11. The van der Waals surface area contributed by atoms with Gasteiger partial charge in [0, 0.05) is 0 Å². The summed E-state index contributed by atoms with van der Waals surface area (Å²) in [5, 5.41) is 8.10. The third-order valence-electron chi connectivity index (χ3n) is 0.597. The quantitative estimate of drug-likeness (QED) is 0.463. The molecule has 0 aromatic carbocycles. The topological polar surface area (TPSA) is 45.0 Å². The van der Waals surface area contributed by atoms with Crippen molar-refractivity contribution in [3.05, 3.63) is 18.4 Å². The number of hydrogen-bond acceptors (Lipinski definition) is 3. The first kappa shape index (κ1) is 4.16. The molecule has 3 heteroatoms. The van der Waals surface area contributed by atoms with E-state index < -0.39 is 0 Å². The highest BCUT2D eigenvalue weighted by atomic mass is 16.6. The van der Waals surface area contributed by atoms with Crippen LogP contribution in [-0.4, -0.2) is 0 Å². The van der Waals surface area contributed by atoms with Gasteiger partial charge in [-0.2, -0.15) is 5.26 Å². The Morgan fingerprint density at radius 3 is 3.00 bits per heavy atom. The van der Waals surface area contributed by atoms with Crippen molar-refractivity contribution in [1.82, 2.24) is 5.48 Å². The van der Waals surface area contributed by atoms with E-state index in [1.165, 1.54) is 12.8 Å². The maximum absolute atomic E-state index is 8.10. The molecule has 0 atom stereocenters. The van der Waals surface area contributed by atoms with Gasteiger partial charge in [-0.25, -0.2) is 0 Å². The maximum Gasteiger partial charge on any atom is 0.126 e. The first-order valence-corrected chi connectivity index (χ1v) is 1.78. The normalized spacial score (nSPS) is 17.3. The summed E-state index contributed by atoms with van der Waals surface area (Å²) in [5.74, 6) is 0. The summed E-state index contributed by atoms with van der Waals surface area (Å²) in [6.07, 6.45) is 1.35. The van der Waals surface area contributed by atoms with Gasteiger partial charge in [0.25, 0.3) is 0 Å². The smallest absolute Gasteiger partial charge is 0.126 e. The fraction of sp³-hybridized carbons (Fsp3) is 0. The van der Waals surface area contributed by atoms with Crippen molar-refractivity contribution in [2.45, 2.75) is 0 Å². The van der Waals surface area contributed by atoms with Gasteiger partial charge in [-0.3, -0.25) is 0 Å². The number of nitrogens with zero attached hydrogens (tertiary/aromatic N) is 1. The summed E-state index contributed by atoms with van der Waals surface area (Å²) >= 11 is 0. The van der Waals surface area contributed by atoms with E-state index in [9.17, 15) is 0 Å². The minimum absolute atomic E-state index is 0.514. The van der Waals surface area contributed by atoms with Crippen molar-refractivity contribution in [2.75, 3.05) is 0 Å². The van der Waals surface area contributed by atoms with Gasteiger partial charge in [-0.15, -0.1) is 5.48 Å². The standard InChI is InChI=1S/C4H3N2O/c5-1-4-2-6-7-3-4/h2-3,6H. The van der Waals surface area contributed by atoms with Gasteiger partial charge < -0.3 is 4.84 Å². The van der Waals surface area contributed by atoms with Crippen molar-refractivity contribution in [2.24, 2.45) is 0 Å². The van der Waals surface area contributed by atoms with Crippen LogP contribution in [-0.2, 0) is 4.84 Å².